The first-order chi connectivity index (χ1) is 12.1. The fourth-order valence-electron chi connectivity index (χ4n) is 2.92. The van der Waals surface area contributed by atoms with Gasteiger partial charge in [0.1, 0.15) is 0 Å². The molecule has 0 saturated heterocycles. The van der Waals surface area contributed by atoms with Gasteiger partial charge in [-0.3, -0.25) is 4.94 Å². The van der Waals surface area contributed by atoms with Crippen LogP contribution in [0.5, 0.6) is 0 Å². The van der Waals surface area contributed by atoms with E-state index in [1.54, 1.807) is 0 Å². The van der Waals surface area contributed by atoms with Crippen LogP contribution >= 0.6 is 0 Å². The van der Waals surface area contributed by atoms with Gasteiger partial charge in [0.15, 0.2) is 0 Å². The minimum Gasteiger partial charge on any atom is -0.392 e. The van der Waals surface area contributed by atoms with Gasteiger partial charge < -0.3 is 9.84 Å². The molecule has 2 rings (SSSR count). The van der Waals surface area contributed by atoms with Crippen LogP contribution in [0.15, 0.2) is 60.7 Å². The molecule has 0 aliphatic rings. The summed E-state index contributed by atoms with van der Waals surface area (Å²) < 4.78 is 18.2. The van der Waals surface area contributed by atoms with E-state index in [-0.39, 0.29) is 6.42 Å². The largest absolute Gasteiger partial charge is 0.392 e. The molecule has 0 spiro atoms. The van der Waals surface area contributed by atoms with E-state index < -0.39 is 24.1 Å². The summed E-state index contributed by atoms with van der Waals surface area (Å²) in [5, 5.41) is 10.2. The average Bonchev–Trinajstić information content (AvgIpc) is 2.66. The second-order valence-electron chi connectivity index (χ2n) is 6.00. The van der Waals surface area contributed by atoms with Crippen LogP contribution in [0.1, 0.15) is 37.3 Å². The Labute approximate surface area is 147 Å². The second kappa shape index (κ2) is 9.30. The van der Waals surface area contributed by atoms with Crippen molar-refractivity contribution >= 4 is 5.97 Å². The molecule has 0 fully saturated rings. The normalized spacial score (nSPS) is 14.5. The highest BCUT2D eigenvalue weighted by Crippen LogP contribution is 2.36. The number of rotatable bonds is 9. The van der Waals surface area contributed by atoms with Gasteiger partial charge in [-0.2, -0.15) is 0 Å². The highest BCUT2D eigenvalue weighted by molar-refractivity contribution is 5.69. The van der Waals surface area contributed by atoms with E-state index in [0.29, 0.717) is 13.0 Å². The number of aliphatic hydroxyl groups excluding tert-OH is 1. The number of halogens is 1. The number of benzene rings is 2. The quantitative estimate of drug-likeness (QED) is 0.743. The summed E-state index contributed by atoms with van der Waals surface area (Å²) in [6, 6.07) is 19.3. The highest BCUT2D eigenvalue weighted by Gasteiger charge is 2.35. The molecule has 0 heterocycles. The van der Waals surface area contributed by atoms with Crippen molar-refractivity contribution in [3.8, 4) is 0 Å². The minimum absolute atomic E-state index is 0.162. The van der Waals surface area contributed by atoms with Crippen molar-refractivity contribution in [2.45, 2.75) is 44.5 Å². The summed E-state index contributed by atoms with van der Waals surface area (Å²) in [4.78, 5) is 14.3. The number of carbonyl (C=O) groups excluding carboxylic acids is 1. The molecule has 0 aliphatic carbocycles. The molecule has 2 unspecified atom stereocenters. The lowest BCUT2D eigenvalue weighted by Crippen LogP contribution is -2.34. The van der Waals surface area contributed by atoms with Crippen LogP contribution in [0.4, 0.5) is 4.53 Å². The first kappa shape index (κ1) is 19.1. The molecule has 0 aromatic heterocycles. The third-order valence-electron chi connectivity index (χ3n) is 4.28. The maximum atomic E-state index is 12.0. The lowest BCUT2D eigenvalue weighted by Gasteiger charge is -2.35. The summed E-state index contributed by atoms with van der Waals surface area (Å²) in [6.45, 7) is 2.32. The van der Waals surface area contributed by atoms with Crippen molar-refractivity contribution in [1.29, 1.82) is 0 Å². The summed E-state index contributed by atoms with van der Waals surface area (Å²) in [5.74, 6) is -1.09. The summed E-state index contributed by atoms with van der Waals surface area (Å²) in [5.41, 5.74) is 1.13. The SMILES string of the molecule is CCC(CC(O)CC(=O)OF)(OCc1ccccc1)c1ccccc1. The van der Waals surface area contributed by atoms with Crippen LogP contribution < -0.4 is 0 Å². The van der Waals surface area contributed by atoms with Gasteiger partial charge in [-0.25, -0.2) is 4.79 Å². The lowest BCUT2D eigenvalue weighted by molar-refractivity contribution is -0.187. The van der Waals surface area contributed by atoms with Crippen LogP contribution in [0, 0.1) is 0 Å². The number of hydrogen-bond donors (Lipinski definition) is 1. The average molecular weight is 346 g/mol. The van der Waals surface area contributed by atoms with Gasteiger partial charge in [0.2, 0.25) is 0 Å². The first-order valence-electron chi connectivity index (χ1n) is 8.32. The Balaban J connectivity index is 2.21. The van der Waals surface area contributed by atoms with E-state index in [2.05, 4.69) is 4.94 Å². The molecule has 4 nitrogen and oxygen atoms in total. The predicted octanol–water partition coefficient (Wildman–Crippen LogP) is 4.08. The van der Waals surface area contributed by atoms with E-state index in [0.717, 1.165) is 11.1 Å². The van der Waals surface area contributed by atoms with E-state index in [9.17, 15) is 14.4 Å². The molecule has 2 aromatic rings. The third kappa shape index (κ3) is 5.37. The van der Waals surface area contributed by atoms with E-state index >= 15 is 0 Å². The maximum absolute atomic E-state index is 12.0. The fraction of sp³-hybridized carbons (Fsp3) is 0.350. The summed E-state index contributed by atoms with van der Waals surface area (Å²) >= 11 is 0. The molecule has 0 aliphatic heterocycles. The van der Waals surface area contributed by atoms with Crippen molar-refractivity contribution in [2.24, 2.45) is 0 Å². The van der Waals surface area contributed by atoms with Gasteiger partial charge in [-0.15, -0.1) is 0 Å². The Hall–Kier alpha value is -2.24. The zero-order valence-electron chi connectivity index (χ0n) is 14.2. The van der Waals surface area contributed by atoms with E-state index in [4.69, 9.17) is 4.74 Å². The van der Waals surface area contributed by atoms with Crippen molar-refractivity contribution in [3.63, 3.8) is 0 Å². The Bertz CT molecular complexity index is 647. The van der Waals surface area contributed by atoms with Gasteiger partial charge in [-0.1, -0.05) is 67.6 Å². The molecule has 134 valence electrons. The first-order valence-corrected chi connectivity index (χ1v) is 8.32. The minimum atomic E-state index is -1.09. The van der Waals surface area contributed by atoms with Crippen molar-refractivity contribution in [1.82, 2.24) is 0 Å². The predicted molar refractivity (Wildman–Crippen MR) is 92.1 cm³/mol. The third-order valence-corrected chi connectivity index (χ3v) is 4.28. The van der Waals surface area contributed by atoms with Gasteiger partial charge in [0.05, 0.1) is 24.7 Å². The topological polar surface area (TPSA) is 55.8 Å². The van der Waals surface area contributed by atoms with Crippen molar-refractivity contribution in [2.75, 3.05) is 0 Å². The number of aliphatic hydroxyl groups is 1. The fourth-order valence-corrected chi connectivity index (χ4v) is 2.92. The molecule has 2 atom stereocenters. The molecular formula is C20H23FO4. The molecule has 0 bridgehead atoms. The Kier molecular flexibility index (Phi) is 7.10. The molecule has 2 aromatic carbocycles. The zero-order valence-corrected chi connectivity index (χ0v) is 14.2. The number of ether oxygens (including phenoxy) is 1. The molecule has 0 radical (unpaired) electrons. The molecule has 1 N–H and O–H groups in total. The van der Waals surface area contributed by atoms with Gasteiger partial charge in [0, 0.05) is 10.9 Å². The molecule has 0 amide bonds. The van der Waals surface area contributed by atoms with Gasteiger partial charge in [-0.05, 0) is 17.5 Å². The molecule has 25 heavy (non-hydrogen) atoms. The van der Waals surface area contributed by atoms with Crippen molar-refractivity contribution < 1.29 is 24.1 Å². The zero-order chi connectivity index (χ0) is 18.1. The second-order valence-corrected chi connectivity index (χ2v) is 6.00. The monoisotopic (exact) mass is 346 g/mol. The Morgan fingerprint density at radius 1 is 1.12 bits per heavy atom. The highest BCUT2D eigenvalue weighted by atomic mass is 19.3. The number of hydrogen-bond acceptors (Lipinski definition) is 4. The lowest BCUT2D eigenvalue weighted by atomic mass is 9.84. The maximum Gasteiger partial charge on any atom is 0.351 e. The smallest absolute Gasteiger partial charge is 0.351 e. The van der Waals surface area contributed by atoms with Gasteiger partial charge in [0.25, 0.3) is 0 Å². The Morgan fingerprint density at radius 3 is 2.28 bits per heavy atom. The van der Waals surface area contributed by atoms with Crippen LogP contribution in [-0.4, -0.2) is 17.2 Å². The summed E-state index contributed by atoms with van der Waals surface area (Å²) in [7, 11) is 0. The molecular weight excluding hydrogens is 323 g/mol. The van der Waals surface area contributed by atoms with Crippen LogP contribution in [-0.2, 0) is 26.7 Å². The summed E-state index contributed by atoms with van der Waals surface area (Å²) in [6.07, 6.45) is -0.736. The van der Waals surface area contributed by atoms with Crippen molar-refractivity contribution in [3.05, 3.63) is 71.8 Å². The van der Waals surface area contributed by atoms with E-state index in [1.165, 1.54) is 0 Å². The van der Waals surface area contributed by atoms with Crippen LogP contribution in [0.2, 0.25) is 0 Å². The Morgan fingerprint density at radius 2 is 1.72 bits per heavy atom. The van der Waals surface area contributed by atoms with Gasteiger partial charge >= 0.3 is 5.97 Å². The number of carbonyl (C=O) groups is 1. The van der Waals surface area contributed by atoms with Crippen LogP contribution in [0.3, 0.4) is 0 Å². The molecule has 5 heteroatoms. The standard InChI is InChI=1S/C20H23FO4/c1-2-20(17-11-7-4-8-12-17,14-18(22)13-19(23)25-21)24-15-16-9-5-3-6-10-16/h3-12,18,22H,2,13-15H2,1H3. The van der Waals surface area contributed by atoms with E-state index in [1.807, 2.05) is 67.6 Å². The van der Waals surface area contributed by atoms with Crippen LogP contribution in [0.25, 0.3) is 0 Å². The molecule has 0 saturated carbocycles.